The molecule has 5 nitrogen and oxygen atoms in total. The van der Waals surface area contributed by atoms with Crippen molar-refractivity contribution in [3.63, 3.8) is 0 Å². The van der Waals surface area contributed by atoms with Crippen molar-refractivity contribution in [3.8, 4) is 0 Å². The van der Waals surface area contributed by atoms with Gasteiger partial charge >= 0.3 is 0 Å². The molecule has 0 amide bonds. The smallest absolute Gasteiger partial charge is 0.300 e. The highest BCUT2D eigenvalue weighted by molar-refractivity contribution is 7.86. The molecule has 0 radical (unpaired) electrons. The van der Waals surface area contributed by atoms with E-state index in [1.54, 1.807) is 6.92 Å². The van der Waals surface area contributed by atoms with Gasteiger partial charge in [0.1, 0.15) is 5.75 Å². The number of hydrogen-bond donors (Lipinski definition) is 0. The summed E-state index contributed by atoms with van der Waals surface area (Å²) in [7, 11) is -4.07. The summed E-state index contributed by atoms with van der Waals surface area (Å²) in [4.78, 5) is 0. The van der Waals surface area contributed by atoms with Gasteiger partial charge in [-0.15, -0.1) is 0 Å². The van der Waals surface area contributed by atoms with Crippen LogP contribution in [0.25, 0.3) is 0 Å². The van der Waals surface area contributed by atoms with Crippen LogP contribution in [0.15, 0.2) is 0 Å². The summed E-state index contributed by atoms with van der Waals surface area (Å²) in [5.41, 5.74) is 0. The Morgan fingerprint density at radius 3 is 2.57 bits per heavy atom. The molecule has 0 fully saturated rings. The summed E-state index contributed by atoms with van der Waals surface area (Å²) in [5, 5.41) is 0. The summed E-state index contributed by atoms with van der Waals surface area (Å²) >= 11 is 0. The third-order valence-electron chi connectivity index (χ3n) is 1.39. The Bertz CT molecular complexity index is 228. The maximum Gasteiger partial charge on any atom is 0.300 e. The highest BCUT2D eigenvalue weighted by Gasteiger charge is 2.12. The largest absolute Gasteiger partial charge is 0.379 e. The molecule has 1 unspecified atom stereocenters. The van der Waals surface area contributed by atoms with Gasteiger partial charge in [0.15, 0.2) is 0 Å². The van der Waals surface area contributed by atoms with E-state index in [1.165, 1.54) is 0 Å². The van der Waals surface area contributed by atoms with Crippen LogP contribution >= 0.6 is 0 Å². The van der Waals surface area contributed by atoms with Crippen LogP contribution in [0.1, 0.15) is 13.8 Å². The summed E-state index contributed by atoms with van der Waals surface area (Å²) < 4.78 is 45.1. The predicted molar refractivity (Wildman–Crippen MR) is 47.9 cm³/mol. The average Bonchev–Trinajstić information content (AvgIpc) is 2.14. The van der Waals surface area contributed by atoms with Crippen LogP contribution in [0.4, 0.5) is 4.53 Å². The van der Waals surface area contributed by atoms with E-state index >= 15 is 0 Å². The minimum atomic E-state index is -4.07. The molecule has 0 bridgehead atoms. The highest BCUT2D eigenvalue weighted by atomic mass is 32.2. The summed E-state index contributed by atoms with van der Waals surface area (Å²) in [6, 6.07) is 0. The first-order valence-electron chi connectivity index (χ1n) is 4.24. The van der Waals surface area contributed by atoms with Crippen LogP contribution in [0, 0.1) is 0 Å². The fourth-order valence-electron chi connectivity index (χ4n) is 0.715. The van der Waals surface area contributed by atoms with E-state index in [1.807, 2.05) is 6.92 Å². The van der Waals surface area contributed by atoms with Crippen LogP contribution in [0.3, 0.4) is 0 Å². The van der Waals surface area contributed by atoms with E-state index in [9.17, 15) is 12.9 Å². The first-order chi connectivity index (χ1) is 6.52. The van der Waals surface area contributed by atoms with Gasteiger partial charge in [0.2, 0.25) is 0 Å². The minimum absolute atomic E-state index is 0.111. The molecule has 0 N–H and O–H groups in total. The van der Waals surface area contributed by atoms with Crippen molar-refractivity contribution < 1.29 is 26.8 Å². The van der Waals surface area contributed by atoms with E-state index in [-0.39, 0.29) is 12.7 Å². The van der Waals surface area contributed by atoms with Gasteiger partial charge in [-0.25, -0.2) is 0 Å². The fourth-order valence-corrected chi connectivity index (χ4v) is 1.08. The quantitative estimate of drug-likeness (QED) is 0.613. The molecule has 1 atom stereocenters. The standard InChI is InChI=1S/C7H15FO5S/c1-3-11-6-7(2)12-4-5-14(9,10)13-8/h7H,3-6H2,1-2H3. The molecular weight excluding hydrogens is 215 g/mol. The topological polar surface area (TPSA) is 61.8 Å². The molecule has 0 aromatic carbocycles. The van der Waals surface area contributed by atoms with Gasteiger partial charge < -0.3 is 9.47 Å². The Balaban J connectivity index is 3.54. The van der Waals surface area contributed by atoms with Crippen molar-refractivity contribution in [2.45, 2.75) is 20.0 Å². The van der Waals surface area contributed by atoms with Crippen molar-refractivity contribution in [2.75, 3.05) is 25.6 Å². The zero-order valence-corrected chi connectivity index (χ0v) is 9.05. The Labute approximate surface area is 83.2 Å². The first-order valence-corrected chi connectivity index (χ1v) is 5.81. The van der Waals surface area contributed by atoms with E-state index in [0.29, 0.717) is 13.2 Å². The van der Waals surface area contributed by atoms with Crippen molar-refractivity contribution in [2.24, 2.45) is 0 Å². The van der Waals surface area contributed by atoms with Crippen LogP contribution in [-0.4, -0.2) is 40.1 Å². The molecule has 0 spiro atoms. The van der Waals surface area contributed by atoms with Gasteiger partial charge in [0.05, 0.1) is 19.3 Å². The molecule has 86 valence electrons. The van der Waals surface area contributed by atoms with Gasteiger partial charge in [-0.1, -0.05) is 4.39 Å². The highest BCUT2D eigenvalue weighted by Crippen LogP contribution is 1.97. The van der Waals surface area contributed by atoms with Crippen LogP contribution in [-0.2, 0) is 24.0 Å². The lowest BCUT2D eigenvalue weighted by Gasteiger charge is -2.11. The van der Waals surface area contributed by atoms with Gasteiger partial charge in [-0.3, -0.25) is 0 Å². The van der Waals surface area contributed by atoms with Crippen LogP contribution < -0.4 is 0 Å². The van der Waals surface area contributed by atoms with E-state index < -0.39 is 15.9 Å². The lowest BCUT2D eigenvalue weighted by Crippen LogP contribution is -2.20. The molecule has 0 aliphatic heterocycles. The molecule has 0 saturated heterocycles. The summed E-state index contributed by atoms with van der Waals surface area (Å²) in [5.74, 6) is -0.500. The Morgan fingerprint density at radius 2 is 2.07 bits per heavy atom. The molecule has 0 aromatic rings. The molecule has 0 aromatic heterocycles. The predicted octanol–water partition coefficient (Wildman–Crippen LogP) is 0.659. The summed E-state index contributed by atoms with van der Waals surface area (Å²) in [6.07, 6.45) is -0.218. The van der Waals surface area contributed by atoms with E-state index in [2.05, 4.69) is 4.39 Å². The SMILES string of the molecule is CCOCC(C)OCCS(=O)(=O)OF. The minimum Gasteiger partial charge on any atom is -0.379 e. The Morgan fingerprint density at radius 1 is 1.43 bits per heavy atom. The second-order valence-electron chi connectivity index (χ2n) is 2.67. The van der Waals surface area contributed by atoms with Crippen molar-refractivity contribution in [3.05, 3.63) is 0 Å². The van der Waals surface area contributed by atoms with Crippen molar-refractivity contribution in [1.82, 2.24) is 0 Å². The first kappa shape index (κ1) is 13.8. The number of halogens is 1. The number of rotatable bonds is 8. The second-order valence-corrected chi connectivity index (χ2v) is 4.32. The molecule has 0 heterocycles. The van der Waals surface area contributed by atoms with E-state index in [4.69, 9.17) is 9.47 Å². The third-order valence-corrected chi connectivity index (χ3v) is 2.25. The molecule has 0 aliphatic carbocycles. The molecule has 0 saturated carbocycles. The van der Waals surface area contributed by atoms with Gasteiger partial charge in [0.25, 0.3) is 10.1 Å². The van der Waals surface area contributed by atoms with Crippen LogP contribution in [0.5, 0.6) is 0 Å². The molecule has 0 rings (SSSR count). The van der Waals surface area contributed by atoms with Crippen molar-refractivity contribution in [1.29, 1.82) is 0 Å². The maximum absolute atomic E-state index is 11.3. The normalized spacial score (nSPS) is 14.2. The van der Waals surface area contributed by atoms with E-state index in [0.717, 1.165) is 0 Å². The number of ether oxygens (including phenoxy) is 2. The Hall–Kier alpha value is -0.240. The zero-order valence-electron chi connectivity index (χ0n) is 8.23. The van der Waals surface area contributed by atoms with Crippen LogP contribution in [0.2, 0.25) is 0 Å². The average molecular weight is 230 g/mol. The lowest BCUT2D eigenvalue weighted by atomic mass is 10.4. The fraction of sp³-hybridized carbons (Fsp3) is 1.00. The number of hydrogen-bond acceptors (Lipinski definition) is 5. The molecule has 0 aliphatic rings. The van der Waals surface area contributed by atoms with Crippen molar-refractivity contribution >= 4 is 10.1 Å². The van der Waals surface area contributed by atoms with Gasteiger partial charge in [-0.2, -0.15) is 8.42 Å². The monoisotopic (exact) mass is 230 g/mol. The molecular formula is C7H15FO5S. The van der Waals surface area contributed by atoms with Gasteiger partial charge in [0, 0.05) is 6.61 Å². The third kappa shape index (κ3) is 7.19. The zero-order chi connectivity index (χ0) is 11.0. The Kier molecular flexibility index (Phi) is 6.98. The second kappa shape index (κ2) is 7.10. The molecule has 7 heteroatoms. The molecule has 14 heavy (non-hydrogen) atoms. The lowest BCUT2D eigenvalue weighted by molar-refractivity contribution is -0.00847. The maximum atomic E-state index is 11.3. The van der Waals surface area contributed by atoms with Gasteiger partial charge in [-0.05, 0) is 18.4 Å². The summed E-state index contributed by atoms with van der Waals surface area (Å²) in [6.45, 7) is 4.42.